The summed E-state index contributed by atoms with van der Waals surface area (Å²) in [5.74, 6) is 2.04. The van der Waals surface area contributed by atoms with Crippen LogP contribution in [0.25, 0.3) is 0 Å². The van der Waals surface area contributed by atoms with E-state index < -0.39 is 0 Å². The highest BCUT2D eigenvalue weighted by Gasteiger charge is 2.47. The third-order valence-corrected chi connectivity index (χ3v) is 4.99. The molecule has 2 aliphatic heterocycles. The van der Waals surface area contributed by atoms with Gasteiger partial charge in [0.15, 0.2) is 5.96 Å². The van der Waals surface area contributed by atoms with Crippen molar-refractivity contribution in [3.63, 3.8) is 0 Å². The summed E-state index contributed by atoms with van der Waals surface area (Å²) in [6.07, 6.45) is 2.55. The fourth-order valence-corrected chi connectivity index (χ4v) is 3.95. The molecule has 0 aromatic heterocycles. The van der Waals surface area contributed by atoms with Crippen LogP contribution in [0.3, 0.4) is 0 Å². The fraction of sp³-hybridized carbons (Fsp3) is 0.900. The molecule has 2 rings (SSSR count). The zero-order valence-corrected chi connectivity index (χ0v) is 9.81. The highest BCUT2D eigenvalue weighted by atomic mass is 32.2. The number of nitrogens with zero attached hydrogens (tertiary/aromatic N) is 2. The largest absolute Gasteiger partial charge is 0.370 e. The maximum Gasteiger partial charge on any atom is 0.191 e. The predicted octanol–water partition coefficient (Wildman–Crippen LogP) is 1.29. The molecule has 1 spiro atoms. The van der Waals surface area contributed by atoms with Crippen LogP contribution in [0.15, 0.2) is 4.99 Å². The lowest BCUT2D eigenvalue weighted by Gasteiger charge is -2.45. The molecule has 0 aromatic carbocycles. The summed E-state index contributed by atoms with van der Waals surface area (Å²) in [7, 11) is 0. The molecule has 3 nitrogen and oxygen atoms in total. The Morgan fingerprint density at radius 1 is 1.71 bits per heavy atom. The van der Waals surface area contributed by atoms with Gasteiger partial charge in [-0.1, -0.05) is 6.92 Å². The number of likely N-dealkylation sites (N-methyl/N-ethyl adjacent to an activating group) is 1. The molecule has 1 fully saturated rings. The van der Waals surface area contributed by atoms with E-state index in [1.165, 1.54) is 18.6 Å². The number of aliphatic imine (C=N–C) groups is 1. The van der Waals surface area contributed by atoms with E-state index in [4.69, 9.17) is 5.73 Å². The van der Waals surface area contributed by atoms with Crippen molar-refractivity contribution < 1.29 is 0 Å². The quantitative estimate of drug-likeness (QED) is 0.713. The first-order chi connectivity index (χ1) is 6.70. The molecule has 1 saturated heterocycles. The molecule has 2 N–H and O–H groups in total. The molecule has 0 aromatic rings. The van der Waals surface area contributed by atoms with Crippen LogP contribution in [0.5, 0.6) is 0 Å². The molecular weight excluding hydrogens is 194 g/mol. The van der Waals surface area contributed by atoms with Crippen LogP contribution < -0.4 is 5.73 Å². The van der Waals surface area contributed by atoms with Gasteiger partial charge in [-0.25, -0.2) is 0 Å². The average molecular weight is 213 g/mol. The van der Waals surface area contributed by atoms with E-state index >= 15 is 0 Å². The van der Waals surface area contributed by atoms with E-state index in [0.29, 0.717) is 5.25 Å². The van der Waals surface area contributed by atoms with Crippen molar-refractivity contribution in [2.24, 2.45) is 10.7 Å². The van der Waals surface area contributed by atoms with Crippen LogP contribution in [-0.2, 0) is 0 Å². The number of hydrogen-bond acceptors (Lipinski definition) is 4. The summed E-state index contributed by atoms with van der Waals surface area (Å²) in [5, 5.41) is 0.654. The van der Waals surface area contributed by atoms with Gasteiger partial charge in [-0.05, 0) is 25.5 Å². The lowest BCUT2D eigenvalue weighted by molar-refractivity contribution is 0.186. The van der Waals surface area contributed by atoms with Crippen molar-refractivity contribution in [1.82, 2.24) is 4.90 Å². The molecule has 14 heavy (non-hydrogen) atoms. The van der Waals surface area contributed by atoms with E-state index in [1.807, 2.05) is 0 Å². The molecule has 0 aliphatic carbocycles. The highest BCUT2D eigenvalue weighted by Crippen LogP contribution is 2.40. The molecule has 0 bridgehead atoms. The minimum absolute atomic E-state index is 0.238. The molecule has 0 saturated carbocycles. The topological polar surface area (TPSA) is 41.6 Å². The third kappa shape index (κ3) is 1.31. The molecule has 80 valence electrons. The van der Waals surface area contributed by atoms with Crippen molar-refractivity contribution >= 4 is 17.7 Å². The summed E-state index contributed by atoms with van der Waals surface area (Å²) in [6, 6.07) is 0. The Labute approximate surface area is 90.1 Å². The van der Waals surface area contributed by atoms with Crippen LogP contribution in [0.4, 0.5) is 0 Å². The molecule has 2 unspecified atom stereocenters. The van der Waals surface area contributed by atoms with E-state index in [0.717, 1.165) is 19.0 Å². The second-order valence-electron chi connectivity index (χ2n) is 4.14. The number of nitrogens with two attached hydrogens (primary N) is 1. The van der Waals surface area contributed by atoms with Gasteiger partial charge >= 0.3 is 0 Å². The molecule has 2 atom stereocenters. The summed E-state index contributed by atoms with van der Waals surface area (Å²) in [4.78, 5) is 6.73. The second-order valence-corrected chi connectivity index (χ2v) is 5.59. The van der Waals surface area contributed by atoms with Gasteiger partial charge in [0.05, 0.1) is 12.1 Å². The Balaban J connectivity index is 2.22. The monoisotopic (exact) mass is 213 g/mol. The van der Waals surface area contributed by atoms with Gasteiger partial charge < -0.3 is 10.6 Å². The number of guanidine groups is 1. The van der Waals surface area contributed by atoms with Gasteiger partial charge in [0, 0.05) is 11.8 Å². The van der Waals surface area contributed by atoms with Crippen LogP contribution in [0, 0.1) is 0 Å². The maximum absolute atomic E-state index is 5.92. The minimum atomic E-state index is 0.238. The third-order valence-electron chi connectivity index (χ3n) is 3.52. The Morgan fingerprint density at radius 3 is 3.14 bits per heavy atom. The van der Waals surface area contributed by atoms with E-state index in [9.17, 15) is 0 Å². The van der Waals surface area contributed by atoms with Crippen LogP contribution >= 0.6 is 11.8 Å². The molecule has 4 heteroatoms. The number of thioether (sulfide) groups is 1. The van der Waals surface area contributed by atoms with Crippen molar-refractivity contribution in [3.05, 3.63) is 0 Å². The molecule has 2 aliphatic rings. The first-order valence-electron chi connectivity index (χ1n) is 5.40. The minimum Gasteiger partial charge on any atom is -0.370 e. The molecular formula is C10H19N3S. The number of hydrogen-bond donors (Lipinski definition) is 1. The Kier molecular flexibility index (Phi) is 2.64. The van der Waals surface area contributed by atoms with Gasteiger partial charge in [0.1, 0.15) is 0 Å². The number of rotatable bonds is 1. The SMILES string of the molecule is CCN1C(N)=NCC12CCCSC2C. The Hall–Kier alpha value is -0.380. The van der Waals surface area contributed by atoms with Gasteiger partial charge in [-0.3, -0.25) is 4.99 Å². The fourth-order valence-electron chi connectivity index (χ4n) is 2.65. The summed E-state index contributed by atoms with van der Waals surface area (Å²) in [6.45, 7) is 6.38. The van der Waals surface area contributed by atoms with Gasteiger partial charge in [0.2, 0.25) is 0 Å². The maximum atomic E-state index is 5.92. The van der Waals surface area contributed by atoms with Crippen molar-refractivity contribution in [2.45, 2.75) is 37.5 Å². The second kappa shape index (κ2) is 3.65. The van der Waals surface area contributed by atoms with Gasteiger partial charge in [-0.2, -0.15) is 11.8 Å². The first-order valence-corrected chi connectivity index (χ1v) is 6.45. The standard InChI is InChI=1S/C10H19N3S/c1-3-13-9(11)12-7-10(13)5-4-6-14-8(10)2/h8H,3-7H2,1-2H3,(H2,11,12). The van der Waals surface area contributed by atoms with Crippen molar-refractivity contribution in [1.29, 1.82) is 0 Å². The Morgan fingerprint density at radius 2 is 2.50 bits per heavy atom. The smallest absolute Gasteiger partial charge is 0.191 e. The van der Waals surface area contributed by atoms with Crippen LogP contribution in [0.2, 0.25) is 0 Å². The van der Waals surface area contributed by atoms with Crippen LogP contribution in [-0.4, -0.2) is 40.5 Å². The Bertz CT molecular complexity index is 254. The normalized spacial score (nSPS) is 37.7. The van der Waals surface area contributed by atoms with E-state index in [2.05, 4.69) is 35.5 Å². The van der Waals surface area contributed by atoms with Gasteiger partial charge in [0.25, 0.3) is 0 Å². The van der Waals surface area contributed by atoms with Crippen molar-refractivity contribution in [2.75, 3.05) is 18.8 Å². The first kappa shape index (κ1) is 10.1. The average Bonchev–Trinajstić information content (AvgIpc) is 2.50. The highest BCUT2D eigenvalue weighted by molar-refractivity contribution is 8.00. The zero-order valence-electron chi connectivity index (χ0n) is 8.99. The summed E-state index contributed by atoms with van der Waals surface area (Å²) >= 11 is 2.06. The summed E-state index contributed by atoms with van der Waals surface area (Å²) < 4.78 is 0. The molecule has 0 amide bonds. The molecule has 2 heterocycles. The summed E-state index contributed by atoms with van der Waals surface area (Å²) in [5.41, 5.74) is 6.16. The lowest BCUT2D eigenvalue weighted by atomic mass is 9.88. The lowest BCUT2D eigenvalue weighted by Crippen LogP contribution is -2.58. The van der Waals surface area contributed by atoms with E-state index in [1.54, 1.807) is 0 Å². The molecule has 0 radical (unpaired) electrons. The van der Waals surface area contributed by atoms with Crippen molar-refractivity contribution in [3.8, 4) is 0 Å². The zero-order chi connectivity index (χ0) is 10.2. The van der Waals surface area contributed by atoms with E-state index in [-0.39, 0.29) is 5.54 Å². The van der Waals surface area contributed by atoms with Crippen LogP contribution in [0.1, 0.15) is 26.7 Å². The van der Waals surface area contributed by atoms with Gasteiger partial charge in [-0.15, -0.1) is 0 Å². The predicted molar refractivity (Wildman–Crippen MR) is 62.8 cm³/mol.